The van der Waals surface area contributed by atoms with Crippen LogP contribution in [0, 0.1) is 0 Å². The average molecular weight is 537 g/mol. The predicted molar refractivity (Wildman–Crippen MR) is 134 cm³/mol. The number of sulfonamides is 1. The molecule has 0 radical (unpaired) electrons. The summed E-state index contributed by atoms with van der Waals surface area (Å²) in [4.78, 5) is 49.8. The predicted octanol–water partition coefficient (Wildman–Crippen LogP) is -0.733. The second kappa shape index (κ2) is 13.3. The summed E-state index contributed by atoms with van der Waals surface area (Å²) in [5.41, 5.74) is 6.85. The van der Waals surface area contributed by atoms with Gasteiger partial charge < -0.3 is 26.6 Å². The topological polar surface area (TPSA) is 225 Å². The number of nitrogens with zero attached hydrogens (tertiary/aromatic N) is 2. The maximum Gasteiger partial charge on any atom is 0.317 e. The Hall–Kier alpha value is -4.05. The minimum Gasteiger partial charge on any atom is -0.480 e. The van der Waals surface area contributed by atoms with E-state index in [2.05, 4.69) is 10.6 Å². The highest BCUT2D eigenvalue weighted by molar-refractivity contribution is 7.89. The van der Waals surface area contributed by atoms with Gasteiger partial charge in [0.25, 0.3) is 0 Å². The van der Waals surface area contributed by atoms with E-state index >= 15 is 0 Å². The van der Waals surface area contributed by atoms with Crippen molar-refractivity contribution in [2.24, 2.45) is 5.14 Å². The van der Waals surface area contributed by atoms with Crippen LogP contribution in [0.5, 0.6) is 0 Å². The highest BCUT2D eigenvalue weighted by atomic mass is 32.2. The number of rotatable bonds is 14. The molecule has 2 aromatic carbocycles. The quantitative estimate of drug-likeness (QED) is 0.165. The normalized spacial score (nSPS) is 11.3. The Balaban J connectivity index is 1.98. The van der Waals surface area contributed by atoms with Crippen LogP contribution in [0.1, 0.15) is 0 Å². The van der Waals surface area contributed by atoms with Gasteiger partial charge in [0, 0.05) is 30.2 Å². The number of anilines is 3. The third kappa shape index (κ3) is 11.0. The molecule has 0 saturated heterocycles. The molecular weight excluding hydrogens is 508 g/mol. The molecule has 2 amide bonds. The van der Waals surface area contributed by atoms with Gasteiger partial charge in [-0.2, -0.15) is 0 Å². The van der Waals surface area contributed by atoms with Crippen LogP contribution in [-0.2, 0) is 29.2 Å². The molecule has 0 atom stereocenters. The molecule has 15 heteroatoms. The Bertz CT molecular complexity index is 1220. The van der Waals surface area contributed by atoms with E-state index in [1.165, 1.54) is 34.1 Å². The van der Waals surface area contributed by atoms with Gasteiger partial charge in [-0.25, -0.2) is 13.6 Å². The van der Waals surface area contributed by atoms with E-state index in [-0.39, 0.29) is 36.8 Å². The molecular formula is C22H28N6O8S. The third-order valence-corrected chi connectivity index (χ3v) is 5.77. The molecule has 0 aliphatic heterocycles. The van der Waals surface area contributed by atoms with Crippen LogP contribution in [0.4, 0.5) is 17.1 Å². The number of aliphatic carboxylic acids is 2. The van der Waals surface area contributed by atoms with Crippen LogP contribution < -0.4 is 21.5 Å². The summed E-state index contributed by atoms with van der Waals surface area (Å²) in [7, 11) is -3.90. The summed E-state index contributed by atoms with van der Waals surface area (Å²) in [5, 5.41) is 28.6. The molecule has 37 heavy (non-hydrogen) atoms. The van der Waals surface area contributed by atoms with Gasteiger partial charge in [0.15, 0.2) is 0 Å². The summed E-state index contributed by atoms with van der Waals surface area (Å²) in [6.07, 6.45) is 0. The lowest BCUT2D eigenvalue weighted by Gasteiger charge is -2.25. The molecule has 2 rings (SSSR count). The van der Waals surface area contributed by atoms with E-state index in [9.17, 15) is 37.8 Å². The van der Waals surface area contributed by atoms with Crippen molar-refractivity contribution in [1.82, 2.24) is 9.80 Å². The Morgan fingerprint density at radius 1 is 0.703 bits per heavy atom. The van der Waals surface area contributed by atoms with Crippen molar-refractivity contribution < 1.29 is 37.8 Å². The number of hydrogen-bond acceptors (Lipinski definition) is 9. The minimum atomic E-state index is -3.90. The third-order valence-electron chi connectivity index (χ3n) is 4.85. The molecule has 8 N–H and O–H groups in total. The molecule has 200 valence electrons. The van der Waals surface area contributed by atoms with Crippen LogP contribution in [0.25, 0.3) is 0 Å². The number of nitrogens with two attached hydrogens (primary N) is 2. The number of primary sulfonamides is 1. The highest BCUT2D eigenvalue weighted by Gasteiger charge is 2.19. The van der Waals surface area contributed by atoms with Crippen molar-refractivity contribution in [2.45, 2.75) is 4.90 Å². The van der Waals surface area contributed by atoms with Crippen molar-refractivity contribution in [3.8, 4) is 0 Å². The molecule has 0 saturated carbocycles. The fraction of sp³-hybridized carbons (Fsp3) is 0.273. The smallest absolute Gasteiger partial charge is 0.317 e. The number of carboxylic acid groups (broad SMARTS) is 2. The molecule has 0 aromatic heterocycles. The second-order valence-electron chi connectivity index (χ2n) is 8.00. The van der Waals surface area contributed by atoms with Crippen molar-refractivity contribution >= 4 is 50.8 Å². The van der Waals surface area contributed by atoms with Crippen LogP contribution in [0.3, 0.4) is 0 Å². The van der Waals surface area contributed by atoms with Crippen molar-refractivity contribution in [2.75, 3.05) is 55.6 Å². The van der Waals surface area contributed by atoms with E-state index in [1.54, 1.807) is 24.3 Å². The number of amides is 2. The zero-order chi connectivity index (χ0) is 27.6. The summed E-state index contributed by atoms with van der Waals surface area (Å²) >= 11 is 0. The molecule has 0 heterocycles. The molecule has 0 aliphatic rings. The van der Waals surface area contributed by atoms with Crippen LogP contribution in [0.2, 0.25) is 0 Å². The van der Waals surface area contributed by atoms with Gasteiger partial charge in [-0.15, -0.1) is 0 Å². The fourth-order valence-corrected chi connectivity index (χ4v) is 3.71. The first-order chi connectivity index (χ1) is 17.3. The summed E-state index contributed by atoms with van der Waals surface area (Å²) < 4.78 is 22.7. The zero-order valence-electron chi connectivity index (χ0n) is 19.7. The molecule has 2 aromatic rings. The largest absolute Gasteiger partial charge is 0.480 e. The molecule has 0 fully saturated rings. The Labute approximate surface area is 212 Å². The highest BCUT2D eigenvalue weighted by Crippen LogP contribution is 2.13. The molecule has 0 unspecified atom stereocenters. The number of benzene rings is 2. The van der Waals surface area contributed by atoms with E-state index < -0.39 is 46.9 Å². The SMILES string of the molecule is Nc1ccc(NC(=O)CN(CCN(CC(=O)O)CC(=O)Nc2ccc(S(N)(=O)=O)cc2)CC(=O)O)cc1. The van der Waals surface area contributed by atoms with E-state index in [4.69, 9.17) is 10.9 Å². The van der Waals surface area contributed by atoms with Gasteiger partial charge in [-0.1, -0.05) is 0 Å². The minimum absolute atomic E-state index is 0.0227. The molecule has 14 nitrogen and oxygen atoms in total. The number of nitrogen functional groups attached to an aromatic ring is 1. The first-order valence-electron chi connectivity index (χ1n) is 10.8. The van der Waals surface area contributed by atoms with Crippen LogP contribution >= 0.6 is 0 Å². The number of nitrogens with one attached hydrogen (secondary N) is 2. The lowest BCUT2D eigenvalue weighted by molar-refractivity contribution is -0.140. The number of carbonyl (C=O) groups is 4. The van der Waals surface area contributed by atoms with Gasteiger partial charge in [0.05, 0.1) is 31.1 Å². The number of hydrogen-bond donors (Lipinski definition) is 6. The number of carbonyl (C=O) groups excluding carboxylic acids is 2. The maximum absolute atomic E-state index is 12.4. The van der Waals surface area contributed by atoms with E-state index in [0.29, 0.717) is 11.4 Å². The molecule has 0 spiro atoms. The summed E-state index contributed by atoms with van der Waals surface area (Å²) in [6, 6.07) is 11.4. The van der Waals surface area contributed by atoms with Gasteiger partial charge >= 0.3 is 11.9 Å². The molecule has 0 aliphatic carbocycles. The lowest BCUT2D eigenvalue weighted by Crippen LogP contribution is -2.44. The van der Waals surface area contributed by atoms with Crippen LogP contribution in [0.15, 0.2) is 53.4 Å². The average Bonchev–Trinajstić information content (AvgIpc) is 2.77. The Morgan fingerprint density at radius 3 is 1.43 bits per heavy atom. The standard InChI is InChI=1S/C22H28N6O8S/c23-15-1-3-16(4-2-15)25-19(29)11-27(13-21(31)32)9-10-28(14-22(33)34)12-20(30)26-17-5-7-18(8-6-17)37(24,35)36/h1-8H,9-14,23H2,(H,25,29)(H,26,30)(H,31,32)(H,33,34)(H2,24,35,36). The summed E-state index contributed by atoms with van der Waals surface area (Å²) in [6.45, 7) is -1.71. The summed E-state index contributed by atoms with van der Waals surface area (Å²) in [5.74, 6) is -3.48. The first kappa shape index (κ1) is 29.2. The van der Waals surface area contributed by atoms with Gasteiger partial charge in [-0.3, -0.25) is 29.0 Å². The van der Waals surface area contributed by atoms with Gasteiger partial charge in [0.2, 0.25) is 21.8 Å². The van der Waals surface area contributed by atoms with Gasteiger partial charge in [0.1, 0.15) is 0 Å². The number of carboxylic acids is 2. The monoisotopic (exact) mass is 536 g/mol. The first-order valence-corrected chi connectivity index (χ1v) is 12.3. The van der Waals surface area contributed by atoms with Crippen molar-refractivity contribution in [3.63, 3.8) is 0 Å². The van der Waals surface area contributed by atoms with E-state index in [0.717, 1.165) is 0 Å². The Morgan fingerprint density at radius 2 is 1.08 bits per heavy atom. The van der Waals surface area contributed by atoms with Crippen molar-refractivity contribution in [1.29, 1.82) is 0 Å². The van der Waals surface area contributed by atoms with Crippen molar-refractivity contribution in [3.05, 3.63) is 48.5 Å². The van der Waals surface area contributed by atoms with Crippen LogP contribution in [-0.4, -0.2) is 91.5 Å². The zero-order valence-corrected chi connectivity index (χ0v) is 20.5. The fourth-order valence-electron chi connectivity index (χ4n) is 3.20. The Kier molecular flexibility index (Phi) is 10.5. The molecule has 0 bridgehead atoms. The van der Waals surface area contributed by atoms with Gasteiger partial charge in [-0.05, 0) is 48.5 Å². The second-order valence-corrected chi connectivity index (χ2v) is 9.56. The van der Waals surface area contributed by atoms with E-state index in [1.807, 2.05) is 0 Å². The maximum atomic E-state index is 12.4. The lowest BCUT2D eigenvalue weighted by atomic mass is 10.3.